The van der Waals surface area contributed by atoms with Gasteiger partial charge >= 0.3 is 0 Å². The fourth-order valence-electron chi connectivity index (χ4n) is 3.61. The summed E-state index contributed by atoms with van der Waals surface area (Å²) in [5.74, 6) is 1.59. The Morgan fingerprint density at radius 1 is 0.793 bits per heavy atom. The number of piperazine rings is 2. The van der Waals surface area contributed by atoms with Crippen molar-refractivity contribution in [2.45, 2.75) is 0 Å². The van der Waals surface area contributed by atoms with Crippen LogP contribution in [0.2, 0.25) is 0 Å². The molecular formula is C19H26N8O2. The number of aromatic nitrogens is 4. The number of likely N-dealkylation sites (N-methyl/N-ethyl adjacent to an activating group) is 1. The van der Waals surface area contributed by atoms with E-state index in [1.165, 1.54) is 16.8 Å². The van der Waals surface area contributed by atoms with Crippen molar-refractivity contribution in [3.63, 3.8) is 0 Å². The van der Waals surface area contributed by atoms with E-state index >= 15 is 0 Å². The van der Waals surface area contributed by atoms with Gasteiger partial charge in [-0.1, -0.05) is 0 Å². The molecule has 0 bridgehead atoms. The molecule has 2 aliphatic rings. The van der Waals surface area contributed by atoms with Crippen LogP contribution in [0.1, 0.15) is 10.5 Å². The number of carbonyl (C=O) groups is 1. The third-order valence-electron chi connectivity index (χ3n) is 5.53. The molecule has 2 aromatic rings. The first-order valence-electron chi connectivity index (χ1n) is 9.87. The minimum absolute atomic E-state index is 0.156. The Morgan fingerprint density at radius 3 is 1.86 bits per heavy atom. The molecule has 29 heavy (non-hydrogen) atoms. The van der Waals surface area contributed by atoms with Gasteiger partial charge in [0.2, 0.25) is 0 Å². The second kappa shape index (κ2) is 8.16. The molecule has 2 aliphatic heterocycles. The highest BCUT2D eigenvalue weighted by atomic mass is 16.2. The van der Waals surface area contributed by atoms with Crippen LogP contribution in [0.25, 0.3) is 0 Å². The molecule has 0 atom stereocenters. The largest absolute Gasteiger partial charge is 0.353 e. The molecule has 4 heterocycles. The maximum Gasteiger partial charge on any atom is 0.274 e. The van der Waals surface area contributed by atoms with Crippen LogP contribution in [-0.2, 0) is 7.05 Å². The molecular weight excluding hydrogens is 372 g/mol. The molecule has 4 rings (SSSR count). The summed E-state index contributed by atoms with van der Waals surface area (Å²) in [7, 11) is 3.67. The molecule has 0 N–H and O–H groups in total. The summed E-state index contributed by atoms with van der Waals surface area (Å²) in [5.41, 5.74) is 0.0573. The second-order valence-corrected chi connectivity index (χ2v) is 7.50. The van der Waals surface area contributed by atoms with Gasteiger partial charge in [-0.05, 0) is 25.2 Å². The van der Waals surface area contributed by atoms with Gasteiger partial charge < -0.3 is 19.6 Å². The molecule has 2 saturated heterocycles. The van der Waals surface area contributed by atoms with Gasteiger partial charge in [-0.15, -0.1) is 10.2 Å². The summed E-state index contributed by atoms with van der Waals surface area (Å²) in [6.07, 6.45) is 0. The van der Waals surface area contributed by atoms with Gasteiger partial charge in [0, 0.05) is 65.5 Å². The lowest BCUT2D eigenvalue weighted by Crippen LogP contribution is -2.49. The zero-order chi connectivity index (χ0) is 20.4. The molecule has 0 aliphatic carbocycles. The van der Waals surface area contributed by atoms with E-state index in [1.807, 2.05) is 12.1 Å². The SMILES string of the molecule is CN1CCN(c2ccc(N3CCN(C(=O)c4ccc(=O)n(C)n4)CC3)nn2)CC1. The summed E-state index contributed by atoms with van der Waals surface area (Å²) >= 11 is 0. The van der Waals surface area contributed by atoms with E-state index < -0.39 is 0 Å². The molecule has 1 amide bonds. The Labute approximate surface area is 169 Å². The molecule has 0 aromatic carbocycles. The Kier molecular flexibility index (Phi) is 5.43. The van der Waals surface area contributed by atoms with Crippen molar-refractivity contribution in [1.82, 2.24) is 29.8 Å². The molecule has 10 heteroatoms. The van der Waals surface area contributed by atoms with E-state index in [-0.39, 0.29) is 17.2 Å². The molecule has 10 nitrogen and oxygen atoms in total. The number of anilines is 2. The average molecular weight is 398 g/mol. The zero-order valence-corrected chi connectivity index (χ0v) is 16.9. The normalized spacial score (nSPS) is 18.2. The summed E-state index contributed by atoms with van der Waals surface area (Å²) in [6.45, 7) is 6.50. The number of amides is 1. The first kappa shape index (κ1) is 19.3. The van der Waals surface area contributed by atoms with E-state index in [1.54, 1.807) is 11.9 Å². The van der Waals surface area contributed by atoms with Crippen LogP contribution >= 0.6 is 0 Å². The van der Waals surface area contributed by atoms with Gasteiger partial charge in [-0.2, -0.15) is 5.10 Å². The molecule has 2 fully saturated rings. The van der Waals surface area contributed by atoms with E-state index in [4.69, 9.17) is 0 Å². The number of aryl methyl sites for hydroxylation is 1. The maximum atomic E-state index is 12.6. The highest BCUT2D eigenvalue weighted by molar-refractivity contribution is 5.92. The van der Waals surface area contributed by atoms with Crippen LogP contribution in [0.3, 0.4) is 0 Å². The predicted octanol–water partition coefficient (Wildman–Crippen LogP) is -0.715. The van der Waals surface area contributed by atoms with E-state index in [9.17, 15) is 9.59 Å². The van der Waals surface area contributed by atoms with Gasteiger partial charge in [-0.3, -0.25) is 9.59 Å². The minimum atomic E-state index is -0.232. The average Bonchev–Trinajstić information content (AvgIpc) is 2.76. The first-order chi connectivity index (χ1) is 14.0. The van der Waals surface area contributed by atoms with Crippen LogP contribution < -0.4 is 15.4 Å². The van der Waals surface area contributed by atoms with Gasteiger partial charge in [0.15, 0.2) is 11.6 Å². The summed E-state index contributed by atoms with van der Waals surface area (Å²) < 4.78 is 1.18. The topological polar surface area (TPSA) is 90.7 Å². The van der Waals surface area contributed by atoms with Crippen molar-refractivity contribution in [1.29, 1.82) is 0 Å². The van der Waals surface area contributed by atoms with Crippen molar-refractivity contribution < 1.29 is 4.79 Å². The van der Waals surface area contributed by atoms with Gasteiger partial charge in [0.05, 0.1) is 0 Å². The summed E-state index contributed by atoms with van der Waals surface area (Å²) in [4.78, 5) is 32.6. The zero-order valence-electron chi connectivity index (χ0n) is 16.9. The molecule has 2 aromatic heterocycles. The number of nitrogens with zero attached hydrogens (tertiary/aromatic N) is 8. The monoisotopic (exact) mass is 398 g/mol. The minimum Gasteiger partial charge on any atom is -0.353 e. The number of rotatable bonds is 3. The standard InChI is InChI=1S/C19H26N8O2/c1-23-7-9-25(10-8-23)16-4-5-17(21-20-16)26-11-13-27(14-12-26)19(29)15-3-6-18(28)24(2)22-15/h3-6H,7-14H2,1-2H3. The Hall–Kier alpha value is -3.01. The highest BCUT2D eigenvalue weighted by Gasteiger charge is 2.24. The predicted molar refractivity (Wildman–Crippen MR) is 109 cm³/mol. The first-order valence-corrected chi connectivity index (χ1v) is 9.87. The number of carbonyl (C=O) groups excluding carboxylic acids is 1. The number of hydrogen-bond donors (Lipinski definition) is 0. The molecule has 0 unspecified atom stereocenters. The lowest BCUT2D eigenvalue weighted by Gasteiger charge is -2.35. The van der Waals surface area contributed by atoms with Crippen LogP contribution in [0.4, 0.5) is 11.6 Å². The third-order valence-corrected chi connectivity index (χ3v) is 5.53. The molecule has 0 saturated carbocycles. The van der Waals surface area contributed by atoms with Crippen LogP contribution in [-0.4, -0.2) is 95.1 Å². The van der Waals surface area contributed by atoms with Crippen molar-refractivity contribution >= 4 is 17.5 Å². The Balaban J connectivity index is 1.35. The fourth-order valence-corrected chi connectivity index (χ4v) is 3.61. The van der Waals surface area contributed by atoms with Crippen molar-refractivity contribution in [3.8, 4) is 0 Å². The van der Waals surface area contributed by atoms with Crippen LogP contribution in [0.5, 0.6) is 0 Å². The maximum absolute atomic E-state index is 12.6. The lowest BCUT2D eigenvalue weighted by molar-refractivity contribution is 0.0738. The van der Waals surface area contributed by atoms with E-state index in [2.05, 4.69) is 37.0 Å². The smallest absolute Gasteiger partial charge is 0.274 e. The van der Waals surface area contributed by atoms with E-state index in [0.717, 1.165) is 37.8 Å². The lowest BCUT2D eigenvalue weighted by atomic mass is 10.2. The van der Waals surface area contributed by atoms with Gasteiger partial charge in [0.25, 0.3) is 11.5 Å². The van der Waals surface area contributed by atoms with Gasteiger partial charge in [-0.25, -0.2) is 4.68 Å². The fraction of sp³-hybridized carbons (Fsp3) is 0.526. The van der Waals surface area contributed by atoms with Crippen molar-refractivity contribution in [3.05, 3.63) is 40.3 Å². The Bertz CT molecular complexity index is 913. The summed E-state index contributed by atoms with van der Waals surface area (Å²) in [5, 5.41) is 12.9. The Morgan fingerprint density at radius 2 is 1.34 bits per heavy atom. The summed E-state index contributed by atoms with van der Waals surface area (Å²) in [6, 6.07) is 6.89. The number of hydrogen-bond acceptors (Lipinski definition) is 8. The highest BCUT2D eigenvalue weighted by Crippen LogP contribution is 2.18. The van der Waals surface area contributed by atoms with Gasteiger partial charge in [0.1, 0.15) is 5.69 Å². The molecule has 154 valence electrons. The second-order valence-electron chi connectivity index (χ2n) is 7.50. The van der Waals surface area contributed by atoms with E-state index in [0.29, 0.717) is 26.2 Å². The van der Waals surface area contributed by atoms with Crippen molar-refractivity contribution in [2.24, 2.45) is 7.05 Å². The third kappa shape index (κ3) is 4.21. The van der Waals surface area contributed by atoms with Crippen LogP contribution in [0, 0.1) is 0 Å². The van der Waals surface area contributed by atoms with Crippen molar-refractivity contribution in [2.75, 3.05) is 69.2 Å². The quantitative estimate of drug-likeness (QED) is 0.670. The molecule has 0 spiro atoms. The molecule has 0 radical (unpaired) electrons. The van der Waals surface area contributed by atoms with Crippen LogP contribution in [0.15, 0.2) is 29.1 Å².